The van der Waals surface area contributed by atoms with Crippen molar-refractivity contribution in [3.63, 3.8) is 0 Å². The maximum atomic E-state index is 5.95. The maximum Gasteiger partial charge on any atom is 0.0426 e. The van der Waals surface area contributed by atoms with Gasteiger partial charge < -0.3 is 5.32 Å². The first-order valence-corrected chi connectivity index (χ1v) is 5.76. The minimum Gasteiger partial charge on any atom is -0.385 e. The Morgan fingerprint density at radius 3 is 2.53 bits per heavy atom. The van der Waals surface area contributed by atoms with E-state index in [2.05, 4.69) is 33.0 Å². The lowest BCUT2D eigenvalue weighted by atomic mass is 9.92. The highest BCUT2D eigenvalue weighted by Gasteiger charge is 2.09. The van der Waals surface area contributed by atoms with Crippen molar-refractivity contribution < 1.29 is 0 Å². The number of nitrogens with one attached hydrogen (secondary N) is 1. The molecule has 1 aromatic rings. The van der Waals surface area contributed by atoms with Crippen LogP contribution in [0.2, 0.25) is 5.02 Å². The highest BCUT2D eigenvalue weighted by atomic mass is 35.5. The normalized spacial score (nSPS) is 11.5. The van der Waals surface area contributed by atoms with Crippen molar-refractivity contribution in [2.45, 2.75) is 34.1 Å². The predicted octanol–water partition coefficient (Wildman–Crippen LogP) is 4.50. The summed E-state index contributed by atoms with van der Waals surface area (Å²) in [4.78, 5) is 0. The standard InChI is InChI=1S/C13H20ClN/c1-10-5-6-11(14)9-12(10)15-8-7-13(2,3)4/h5-6,9,15H,7-8H2,1-4H3. The van der Waals surface area contributed by atoms with E-state index in [4.69, 9.17) is 11.6 Å². The van der Waals surface area contributed by atoms with Gasteiger partial charge >= 0.3 is 0 Å². The second-order valence-corrected chi connectivity index (χ2v) is 5.63. The second-order valence-electron chi connectivity index (χ2n) is 5.20. The van der Waals surface area contributed by atoms with Crippen LogP contribution in [-0.4, -0.2) is 6.54 Å². The first kappa shape index (κ1) is 12.4. The van der Waals surface area contributed by atoms with Crippen LogP contribution in [0.3, 0.4) is 0 Å². The van der Waals surface area contributed by atoms with E-state index in [0.29, 0.717) is 5.41 Å². The van der Waals surface area contributed by atoms with E-state index in [0.717, 1.165) is 23.7 Å². The van der Waals surface area contributed by atoms with Gasteiger partial charge in [0.15, 0.2) is 0 Å². The van der Waals surface area contributed by atoms with Crippen LogP contribution in [0.25, 0.3) is 0 Å². The third-order valence-electron chi connectivity index (χ3n) is 2.39. The third kappa shape index (κ3) is 4.57. The van der Waals surface area contributed by atoms with E-state index in [-0.39, 0.29) is 0 Å². The number of aryl methyl sites for hydroxylation is 1. The van der Waals surface area contributed by atoms with Crippen LogP contribution in [0, 0.1) is 12.3 Å². The predicted molar refractivity (Wildman–Crippen MR) is 68.8 cm³/mol. The summed E-state index contributed by atoms with van der Waals surface area (Å²) in [5, 5.41) is 4.22. The van der Waals surface area contributed by atoms with Gasteiger partial charge in [-0.1, -0.05) is 38.4 Å². The molecule has 15 heavy (non-hydrogen) atoms. The summed E-state index contributed by atoms with van der Waals surface area (Å²) in [6, 6.07) is 5.95. The van der Waals surface area contributed by atoms with Crippen molar-refractivity contribution >= 4 is 17.3 Å². The summed E-state index contributed by atoms with van der Waals surface area (Å²) in [6.07, 6.45) is 1.15. The van der Waals surface area contributed by atoms with Crippen LogP contribution in [0.15, 0.2) is 18.2 Å². The maximum absolute atomic E-state index is 5.95. The van der Waals surface area contributed by atoms with E-state index in [1.807, 2.05) is 18.2 Å². The summed E-state index contributed by atoms with van der Waals surface area (Å²) >= 11 is 5.95. The molecule has 1 aromatic carbocycles. The van der Waals surface area contributed by atoms with Gasteiger partial charge in [-0.2, -0.15) is 0 Å². The van der Waals surface area contributed by atoms with Crippen LogP contribution in [0.5, 0.6) is 0 Å². The van der Waals surface area contributed by atoms with Gasteiger partial charge in [0.05, 0.1) is 0 Å². The molecule has 0 spiro atoms. The molecule has 0 atom stereocenters. The Hall–Kier alpha value is -0.690. The zero-order chi connectivity index (χ0) is 11.5. The van der Waals surface area contributed by atoms with E-state index in [9.17, 15) is 0 Å². The van der Waals surface area contributed by atoms with Crippen molar-refractivity contribution in [1.29, 1.82) is 0 Å². The van der Waals surface area contributed by atoms with Crippen LogP contribution >= 0.6 is 11.6 Å². The summed E-state index contributed by atoms with van der Waals surface area (Å²) in [5.41, 5.74) is 2.76. The number of hydrogen-bond donors (Lipinski definition) is 1. The Balaban J connectivity index is 2.54. The lowest BCUT2D eigenvalue weighted by Crippen LogP contribution is -2.13. The fraction of sp³-hybridized carbons (Fsp3) is 0.538. The van der Waals surface area contributed by atoms with Gasteiger partial charge in [-0.25, -0.2) is 0 Å². The molecule has 1 N–H and O–H groups in total. The molecule has 0 aliphatic rings. The minimum absolute atomic E-state index is 0.374. The van der Waals surface area contributed by atoms with Crippen LogP contribution in [0.1, 0.15) is 32.8 Å². The quantitative estimate of drug-likeness (QED) is 0.799. The van der Waals surface area contributed by atoms with Crippen molar-refractivity contribution in [3.8, 4) is 0 Å². The van der Waals surface area contributed by atoms with E-state index >= 15 is 0 Å². The van der Waals surface area contributed by atoms with Crippen LogP contribution in [-0.2, 0) is 0 Å². The Bertz CT molecular complexity index is 326. The number of anilines is 1. The molecule has 1 rings (SSSR count). The first-order chi connectivity index (χ1) is 6.88. The van der Waals surface area contributed by atoms with Gasteiger partial charge in [0.1, 0.15) is 0 Å². The van der Waals surface area contributed by atoms with Crippen molar-refractivity contribution in [1.82, 2.24) is 0 Å². The van der Waals surface area contributed by atoms with Crippen molar-refractivity contribution in [2.75, 3.05) is 11.9 Å². The van der Waals surface area contributed by atoms with Crippen molar-refractivity contribution in [2.24, 2.45) is 5.41 Å². The molecule has 0 saturated heterocycles. The summed E-state index contributed by atoms with van der Waals surface area (Å²) in [6.45, 7) is 9.83. The minimum atomic E-state index is 0.374. The van der Waals surface area contributed by atoms with E-state index < -0.39 is 0 Å². The Labute approximate surface area is 97.8 Å². The third-order valence-corrected chi connectivity index (χ3v) is 2.63. The highest BCUT2D eigenvalue weighted by Crippen LogP contribution is 2.22. The largest absolute Gasteiger partial charge is 0.385 e. The number of rotatable bonds is 3. The number of halogens is 1. The second kappa shape index (κ2) is 4.89. The summed E-state index contributed by atoms with van der Waals surface area (Å²) in [7, 11) is 0. The smallest absolute Gasteiger partial charge is 0.0426 e. The van der Waals surface area contributed by atoms with Crippen LogP contribution in [0.4, 0.5) is 5.69 Å². The van der Waals surface area contributed by atoms with Gasteiger partial charge in [-0.3, -0.25) is 0 Å². The molecule has 1 nitrogen and oxygen atoms in total. The lowest BCUT2D eigenvalue weighted by molar-refractivity contribution is 0.390. The van der Waals surface area contributed by atoms with Gasteiger partial charge in [0.2, 0.25) is 0 Å². The zero-order valence-corrected chi connectivity index (χ0v) is 10.8. The molecule has 0 fully saturated rings. The van der Waals surface area contributed by atoms with Gasteiger partial charge in [-0.15, -0.1) is 0 Å². The average Bonchev–Trinajstić information content (AvgIpc) is 2.09. The summed E-state index contributed by atoms with van der Waals surface area (Å²) < 4.78 is 0. The lowest BCUT2D eigenvalue weighted by Gasteiger charge is -2.19. The molecule has 0 aromatic heterocycles. The van der Waals surface area contributed by atoms with Gasteiger partial charge in [0, 0.05) is 17.3 Å². The molecular formula is C13H20ClN. The Morgan fingerprint density at radius 1 is 1.27 bits per heavy atom. The zero-order valence-electron chi connectivity index (χ0n) is 10.0. The molecular weight excluding hydrogens is 206 g/mol. The first-order valence-electron chi connectivity index (χ1n) is 5.38. The average molecular weight is 226 g/mol. The topological polar surface area (TPSA) is 12.0 Å². The molecule has 0 saturated carbocycles. The van der Waals surface area contributed by atoms with Crippen molar-refractivity contribution in [3.05, 3.63) is 28.8 Å². The Morgan fingerprint density at radius 2 is 1.93 bits per heavy atom. The molecule has 0 heterocycles. The highest BCUT2D eigenvalue weighted by molar-refractivity contribution is 6.30. The fourth-order valence-corrected chi connectivity index (χ4v) is 1.53. The van der Waals surface area contributed by atoms with E-state index in [1.165, 1.54) is 5.56 Å². The SMILES string of the molecule is Cc1ccc(Cl)cc1NCCC(C)(C)C. The molecule has 0 aliphatic heterocycles. The van der Waals surface area contributed by atoms with Gasteiger partial charge in [-0.05, 0) is 36.5 Å². The monoisotopic (exact) mass is 225 g/mol. The molecule has 0 amide bonds. The molecule has 0 bridgehead atoms. The molecule has 2 heteroatoms. The van der Waals surface area contributed by atoms with Crippen LogP contribution < -0.4 is 5.32 Å². The summed E-state index contributed by atoms with van der Waals surface area (Å²) in [5.74, 6) is 0. The molecule has 0 radical (unpaired) electrons. The van der Waals surface area contributed by atoms with Gasteiger partial charge in [0.25, 0.3) is 0 Å². The Kier molecular flexibility index (Phi) is 4.04. The number of hydrogen-bond acceptors (Lipinski definition) is 1. The molecule has 0 aliphatic carbocycles. The molecule has 84 valence electrons. The van der Waals surface area contributed by atoms with E-state index in [1.54, 1.807) is 0 Å². The molecule has 0 unspecified atom stereocenters. The fourth-order valence-electron chi connectivity index (χ4n) is 1.36. The number of benzene rings is 1.